The number of rotatable bonds is 7. The second kappa shape index (κ2) is 7.89. The van der Waals surface area contributed by atoms with Gasteiger partial charge in [-0.3, -0.25) is 9.42 Å². The van der Waals surface area contributed by atoms with Gasteiger partial charge in [-0.05, 0) is 30.5 Å². The van der Waals surface area contributed by atoms with Gasteiger partial charge in [-0.2, -0.15) is 0 Å². The van der Waals surface area contributed by atoms with Crippen LogP contribution in [0.15, 0.2) is 36.9 Å². The number of fused-ring (bicyclic) bond motifs is 1. The third-order valence-electron chi connectivity index (χ3n) is 5.07. The van der Waals surface area contributed by atoms with Gasteiger partial charge in [-0.25, -0.2) is 19.5 Å². The summed E-state index contributed by atoms with van der Waals surface area (Å²) >= 11 is 5.84. The number of hydrogen-bond acceptors (Lipinski definition) is 8. The van der Waals surface area contributed by atoms with Gasteiger partial charge in [0.2, 0.25) is 0 Å². The number of aromatic nitrogens is 4. The van der Waals surface area contributed by atoms with E-state index in [4.69, 9.17) is 26.4 Å². The number of phosphoric ester groups is 1. The Kier molecular flexibility index (Phi) is 5.46. The van der Waals surface area contributed by atoms with E-state index in [2.05, 4.69) is 15.0 Å². The predicted octanol–water partition coefficient (Wildman–Crippen LogP) is 2.43. The molecule has 2 aromatic heterocycles. The first kappa shape index (κ1) is 20.1. The molecular formula is C17H19ClN5O5P. The Morgan fingerprint density at radius 2 is 2.17 bits per heavy atom. The maximum Gasteiger partial charge on any atom is 0.527 e. The third-order valence-corrected chi connectivity index (χ3v) is 6.22. The van der Waals surface area contributed by atoms with Crippen LogP contribution in [0.4, 0.5) is 5.82 Å². The standard InChI is InChI=1S/C17H19ClN5O5P/c18-11-2-1-3-12(5-11)28-29(25,26)27-7-10-4-14(13(10)6-24)23-9-22-15-16(19)20-8-21-17(15)23/h1-3,5,8-10,13-14,24H,4,6-7H2,(H,25,26)(H2,19,20,21)/t10-,13+,14-/m1/s1. The van der Waals surface area contributed by atoms with Gasteiger partial charge in [0.15, 0.2) is 11.5 Å². The highest BCUT2D eigenvalue weighted by atomic mass is 35.5. The molecule has 0 saturated heterocycles. The largest absolute Gasteiger partial charge is 0.527 e. The van der Waals surface area contributed by atoms with E-state index in [1.54, 1.807) is 18.5 Å². The van der Waals surface area contributed by atoms with Crippen molar-refractivity contribution in [3.8, 4) is 5.75 Å². The van der Waals surface area contributed by atoms with E-state index in [1.165, 1.54) is 18.5 Å². The van der Waals surface area contributed by atoms with Crippen LogP contribution < -0.4 is 10.3 Å². The fourth-order valence-electron chi connectivity index (χ4n) is 3.55. The van der Waals surface area contributed by atoms with Gasteiger partial charge in [0, 0.05) is 23.6 Å². The van der Waals surface area contributed by atoms with Gasteiger partial charge in [0.1, 0.15) is 17.6 Å². The van der Waals surface area contributed by atoms with E-state index in [9.17, 15) is 14.6 Å². The molecule has 0 radical (unpaired) electrons. The number of nitrogens with two attached hydrogens (primary N) is 1. The lowest BCUT2D eigenvalue weighted by atomic mass is 9.70. The second-order valence-corrected chi connectivity index (χ2v) is 8.62. The lowest BCUT2D eigenvalue weighted by Gasteiger charge is -2.44. The van der Waals surface area contributed by atoms with Crippen molar-refractivity contribution in [2.45, 2.75) is 12.5 Å². The van der Waals surface area contributed by atoms with Crippen molar-refractivity contribution in [3.63, 3.8) is 0 Å². The normalized spacial score (nSPS) is 23.5. The molecule has 1 fully saturated rings. The molecule has 0 bridgehead atoms. The molecule has 3 aromatic rings. The van der Waals surface area contributed by atoms with Crippen molar-refractivity contribution in [2.75, 3.05) is 18.9 Å². The van der Waals surface area contributed by atoms with Gasteiger partial charge in [-0.1, -0.05) is 17.7 Å². The first-order valence-corrected chi connectivity index (χ1v) is 10.7. The highest BCUT2D eigenvalue weighted by Crippen LogP contribution is 2.49. The molecule has 4 N–H and O–H groups in total. The Morgan fingerprint density at radius 1 is 1.34 bits per heavy atom. The van der Waals surface area contributed by atoms with Gasteiger partial charge >= 0.3 is 7.82 Å². The summed E-state index contributed by atoms with van der Waals surface area (Å²) in [6.07, 6.45) is 3.58. The van der Waals surface area contributed by atoms with Crippen molar-refractivity contribution in [1.82, 2.24) is 19.5 Å². The maximum absolute atomic E-state index is 12.2. The van der Waals surface area contributed by atoms with E-state index in [1.807, 2.05) is 4.57 Å². The van der Waals surface area contributed by atoms with E-state index in [-0.39, 0.29) is 42.7 Å². The first-order chi connectivity index (χ1) is 13.9. The molecule has 0 spiro atoms. The number of aliphatic hydroxyl groups excluding tert-OH is 1. The molecule has 1 saturated carbocycles. The van der Waals surface area contributed by atoms with Crippen molar-refractivity contribution in [1.29, 1.82) is 0 Å². The minimum atomic E-state index is -4.33. The third kappa shape index (κ3) is 4.08. The Hall–Kier alpha value is -2.23. The smallest absolute Gasteiger partial charge is 0.404 e. The van der Waals surface area contributed by atoms with Crippen LogP contribution in [0.1, 0.15) is 12.5 Å². The van der Waals surface area contributed by atoms with Crippen molar-refractivity contribution < 1.29 is 23.6 Å². The van der Waals surface area contributed by atoms with E-state index in [0.29, 0.717) is 22.6 Å². The quantitative estimate of drug-likeness (QED) is 0.472. The van der Waals surface area contributed by atoms with Crippen LogP contribution in [-0.2, 0) is 9.09 Å². The summed E-state index contributed by atoms with van der Waals surface area (Å²) < 4.78 is 24.2. The molecule has 4 atom stereocenters. The molecule has 4 rings (SSSR count). The van der Waals surface area contributed by atoms with Crippen LogP contribution in [0.25, 0.3) is 11.2 Å². The second-order valence-electron chi connectivity index (χ2n) is 6.81. The summed E-state index contributed by atoms with van der Waals surface area (Å²) in [5.41, 5.74) is 6.89. The zero-order valence-corrected chi connectivity index (χ0v) is 16.8. The van der Waals surface area contributed by atoms with Crippen LogP contribution in [0, 0.1) is 11.8 Å². The molecule has 154 valence electrons. The molecule has 10 nitrogen and oxygen atoms in total. The van der Waals surface area contributed by atoms with Crippen molar-refractivity contribution in [3.05, 3.63) is 41.9 Å². The van der Waals surface area contributed by atoms with E-state index >= 15 is 0 Å². The minimum absolute atomic E-state index is 0.0418. The van der Waals surface area contributed by atoms with Gasteiger partial charge < -0.3 is 19.9 Å². The summed E-state index contributed by atoms with van der Waals surface area (Å²) in [5, 5.41) is 10.2. The summed E-state index contributed by atoms with van der Waals surface area (Å²) in [7, 11) is -4.33. The van der Waals surface area contributed by atoms with Crippen LogP contribution in [0.3, 0.4) is 0 Å². The SMILES string of the molecule is Nc1ncnc2c1ncn2[C@@H]1C[C@H](COP(=O)(O)Oc2cccc(Cl)c2)[C@@H]1CO. The number of phosphoric acid groups is 1. The topological polar surface area (TPSA) is 146 Å². The maximum atomic E-state index is 12.2. The Labute approximate surface area is 170 Å². The molecule has 1 aliphatic carbocycles. The number of imidazole rings is 1. The van der Waals surface area contributed by atoms with Crippen LogP contribution in [-0.4, -0.2) is 42.7 Å². The predicted molar refractivity (Wildman–Crippen MR) is 105 cm³/mol. The summed E-state index contributed by atoms with van der Waals surface area (Å²) in [4.78, 5) is 22.3. The highest BCUT2D eigenvalue weighted by Gasteiger charge is 2.43. The lowest BCUT2D eigenvalue weighted by molar-refractivity contribution is -0.00488. The van der Waals surface area contributed by atoms with Crippen molar-refractivity contribution >= 4 is 36.4 Å². The average molecular weight is 440 g/mol. The molecule has 12 heteroatoms. The first-order valence-electron chi connectivity index (χ1n) is 8.84. The molecule has 0 aliphatic heterocycles. The number of aliphatic hydroxyl groups is 1. The lowest BCUT2D eigenvalue weighted by Crippen LogP contribution is -2.42. The molecular weight excluding hydrogens is 421 g/mol. The van der Waals surface area contributed by atoms with Gasteiger partial charge in [0.05, 0.1) is 12.9 Å². The number of anilines is 1. The molecule has 29 heavy (non-hydrogen) atoms. The zero-order valence-electron chi connectivity index (χ0n) is 15.1. The van der Waals surface area contributed by atoms with Crippen LogP contribution >= 0.6 is 19.4 Å². The fourth-order valence-corrected chi connectivity index (χ4v) is 4.54. The number of nitrogens with zero attached hydrogens (tertiary/aromatic N) is 4. The van der Waals surface area contributed by atoms with Crippen LogP contribution in [0.2, 0.25) is 5.02 Å². The van der Waals surface area contributed by atoms with Crippen LogP contribution in [0.5, 0.6) is 5.75 Å². The molecule has 1 aromatic carbocycles. The Morgan fingerprint density at radius 3 is 2.93 bits per heavy atom. The monoisotopic (exact) mass is 439 g/mol. The molecule has 1 aliphatic rings. The number of hydrogen-bond donors (Lipinski definition) is 3. The summed E-state index contributed by atoms with van der Waals surface area (Å²) in [6.45, 7) is -0.163. The Balaban J connectivity index is 1.40. The zero-order chi connectivity index (χ0) is 20.6. The number of halogens is 1. The minimum Gasteiger partial charge on any atom is -0.404 e. The number of benzene rings is 1. The van der Waals surface area contributed by atoms with Gasteiger partial charge in [0.25, 0.3) is 0 Å². The van der Waals surface area contributed by atoms with Gasteiger partial charge in [-0.15, -0.1) is 0 Å². The summed E-state index contributed by atoms with van der Waals surface area (Å²) in [5.74, 6) is 0.0865. The number of nitrogen functional groups attached to an aromatic ring is 1. The van der Waals surface area contributed by atoms with E-state index < -0.39 is 7.82 Å². The molecule has 0 amide bonds. The fraction of sp³-hybridized carbons (Fsp3) is 0.353. The molecule has 2 heterocycles. The van der Waals surface area contributed by atoms with Crippen molar-refractivity contribution in [2.24, 2.45) is 11.8 Å². The average Bonchev–Trinajstić information content (AvgIpc) is 3.06. The summed E-state index contributed by atoms with van der Waals surface area (Å²) in [6, 6.07) is 6.06. The highest BCUT2D eigenvalue weighted by molar-refractivity contribution is 7.47. The Bertz CT molecular complexity index is 1080. The van der Waals surface area contributed by atoms with E-state index in [0.717, 1.165) is 0 Å². The molecule has 1 unspecified atom stereocenters.